The van der Waals surface area contributed by atoms with Crippen LogP contribution in [0, 0.1) is 0 Å². The van der Waals surface area contributed by atoms with Gasteiger partial charge in [0.1, 0.15) is 0 Å². The predicted molar refractivity (Wildman–Crippen MR) is 74.7 cm³/mol. The fourth-order valence-corrected chi connectivity index (χ4v) is 1.85. The number of carbonyl (C=O) groups is 2. The van der Waals surface area contributed by atoms with E-state index >= 15 is 0 Å². The minimum absolute atomic E-state index is 0.147. The topological polar surface area (TPSA) is 46.6 Å². The number of hydrogen-bond donors (Lipinski definition) is 0. The number of carbonyl (C=O) groups excluding carboxylic acids is 2. The highest BCUT2D eigenvalue weighted by molar-refractivity contribution is 6.43. The minimum atomic E-state index is -0.334. The summed E-state index contributed by atoms with van der Waals surface area (Å²) in [5, 5.41) is 0.545. The molecule has 1 aromatic rings. The van der Waals surface area contributed by atoms with Gasteiger partial charge in [-0.2, -0.15) is 0 Å². The molecule has 1 aromatic carbocycles. The lowest BCUT2D eigenvalue weighted by Gasteiger charge is -2.17. The number of rotatable bonds is 5. The summed E-state index contributed by atoms with van der Waals surface area (Å²) in [6.45, 7) is 2.33. The normalized spacial score (nSPS) is 10.1. The third kappa shape index (κ3) is 4.40. The first-order chi connectivity index (χ1) is 8.97. The number of nitrogens with zero attached hydrogens (tertiary/aromatic N) is 1. The maximum absolute atomic E-state index is 12.1. The Bertz CT molecular complexity index is 477. The van der Waals surface area contributed by atoms with Gasteiger partial charge >= 0.3 is 5.97 Å². The molecule has 19 heavy (non-hydrogen) atoms. The van der Waals surface area contributed by atoms with Gasteiger partial charge in [0.2, 0.25) is 0 Å². The van der Waals surface area contributed by atoms with Crippen molar-refractivity contribution in [3.05, 3.63) is 33.8 Å². The molecule has 0 aliphatic carbocycles. The van der Waals surface area contributed by atoms with Gasteiger partial charge in [-0.1, -0.05) is 29.3 Å². The van der Waals surface area contributed by atoms with Crippen LogP contribution in [0.15, 0.2) is 18.2 Å². The largest absolute Gasteiger partial charge is 0.466 e. The van der Waals surface area contributed by atoms with Crippen molar-refractivity contribution in [2.24, 2.45) is 0 Å². The first-order valence-corrected chi connectivity index (χ1v) is 6.58. The van der Waals surface area contributed by atoms with E-state index < -0.39 is 0 Å². The molecule has 0 saturated carbocycles. The molecule has 1 amide bonds. The van der Waals surface area contributed by atoms with Crippen LogP contribution >= 0.6 is 23.2 Å². The van der Waals surface area contributed by atoms with Gasteiger partial charge in [-0.15, -0.1) is 0 Å². The number of amides is 1. The van der Waals surface area contributed by atoms with Crippen molar-refractivity contribution in [2.75, 3.05) is 20.2 Å². The van der Waals surface area contributed by atoms with Crippen molar-refractivity contribution in [2.45, 2.75) is 13.3 Å². The standard InChI is InChI=1S/C13H15Cl2NO3/c1-3-19-11(17)7-8-16(2)13(18)9-5-4-6-10(14)12(9)15/h4-6H,3,7-8H2,1-2H3. The fraction of sp³-hybridized carbons (Fsp3) is 0.385. The third-order valence-corrected chi connectivity index (χ3v) is 3.30. The van der Waals surface area contributed by atoms with Crippen LogP contribution in [0.4, 0.5) is 0 Å². The molecule has 6 heteroatoms. The van der Waals surface area contributed by atoms with Crippen molar-refractivity contribution < 1.29 is 14.3 Å². The van der Waals surface area contributed by atoms with Gasteiger partial charge in [-0.05, 0) is 19.1 Å². The predicted octanol–water partition coefficient (Wildman–Crippen LogP) is 3.02. The summed E-state index contributed by atoms with van der Waals surface area (Å²) in [6, 6.07) is 4.86. The van der Waals surface area contributed by atoms with E-state index in [-0.39, 0.29) is 29.9 Å². The van der Waals surface area contributed by atoms with Gasteiger partial charge < -0.3 is 9.64 Å². The first kappa shape index (κ1) is 15.8. The zero-order valence-corrected chi connectivity index (χ0v) is 12.3. The molecule has 0 saturated heterocycles. The van der Waals surface area contributed by atoms with Crippen molar-refractivity contribution in [3.63, 3.8) is 0 Å². The van der Waals surface area contributed by atoms with E-state index in [0.29, 0.717) is 17.2 Å². The van der Waals surface area contributed by atoms with Gasteiger partial charge in [-0.3, -0.25) is 9.59 Å². The number of halogens is 2. The maximum Gasteiger partial charge on any atom is 0.307 e. The lowest BCUT2D eigenvalue weighted by atomic mass is 10.2. The maximum atomic E-state index is 12.1. The molecule has 4 nitrogen and oxygen atoms in total. The van der Waals surface area contributed by atoms with Crippen LogP contribution < -0.4 is 0 Å². The zero-order valence-electron chi connectivity index (χ0n) is 10.8. The van der Waals surface area contributed by atoms with Gasteiger partial charge in [0.25, 0.3) is 5.91 Å². The smallest absolute Gasteiger partial charge is 0.307 e. The van der Waals surface area contributed by atoms with E-state index in [1.807, 2.05) is 0 Å². The molecule has 0 N–H and O–H groups in total. The van der Waals surface area contributed by atoms with E-state index in [2.05, 4.69) is 0 Å². The number of esters is 1. The van der Waals surface area contributed by atoms with Gasteiger partial charge in [-0.25, -0.2) is 0 Å². The zero-order chi connectivity index (χ0) is 14.4. The highest BCUT2D eigenvalue weighted by Gasteiger charge is 2.17. The quantitative estimate of drug-likeness (QED) is 0.786. The van der Waals surface area contributed by atoms with Gasteiger partial charge in [0.15, 0.2) is 0 Å². The second-order valence-electron chi connectivity index (χ2n) is 3.88. The summed E-state index contributed by atoms with van der Waals surface area (Å²) >= 11 is 11.8. The summed E-state index contributed by atoms with van der Waals surface area (Å²) < 4.78 is 4.80. The van der Waals surface area contributed by atoms with Crippen LogP contribution in [0.3, 0.4) is 0 Å². The van der Waals surface area contributed by atoms with Crippen LogP contribution in [0.1, 0.15) is 23.7 Å². The summed E-state index contributed by atoms with van der Waals surface area (Å²) in [4.78, 5) is 24.8. The van der Waals surface area contributed by atoms with E-state index in [1.165, 1.54) is 4.90 Å². The molecule has 0 spiro atoms. The molecule has 0 bridgehead atoms. The van der Waals surface area contributed by atoms with Gasteiger partial charge in [0.05, 0.1) is 28.6 Å². The summed E-state index contributed by atoms with van der Waals surface area (Å²) in [6.07, 6.45) is 0.147. The minimum Gasteiger partial charge on any atom is -0.466 e. The summed E-state index contributed by atoms with van der Waals surface area (Å²) in [7, 11) is 1.60. The second-order valence-corrected chi connectivity index (χ2v) is 4.67. The Hall–Kier alpha value is -1.26. The van der Waals surface area contributed by atoms with Crippen LogP contribution in [0.5, 0.6) is 0 Å². The Morgan fingerprint density at radius 1 is 1.32 bits per heavy atom. The van der Waals surface area contributed by atoms with E-state index in [1.54, 1.807) is 32.2 Å². The molecule has 0 atom stereocenters. The Morgan fingerprint density at radius 3 is 2.63 bits per heavy atom. The first-order valence-electron chi connectivity index (χ1n) is 5.82. The van der Waals surface area contributed by atoms with Crippen molar-refractivity contribution in [1.29, 1.82) is 0 Å². The van der Waals surface area contributed by atoms with Crippen LogP contribution in [-0.4, -0.2) is 37.0 Å². The molecule has 0 aromatic heterocycles. The molecule has 0 unspecified atom stereocenters. The summed E-state index contributed by atoms with van der Waals surface area (Å²) in [5.74, 6) is -0.615. The van der Waals surface area contributed by atoms with E-state index in [0.717, 1.165) is 0 Å². The van der Waals surface area contributed by atoms with Crippen LogP contribution in [0.25, 0.3) is 0 Å². The van der Waals surface area contributed by atoms with Crippen molar-refractivity contribution in [3.8, 4) is 0 Å². The highest BCUT2D eigenvalue weighted by Crippen LogP contribution is 2.26. The molecule has 104 valence electrons. The summed E-state index contributed by atoms with van der Waals surface area (Å²) in [5.41, 5.74) is 0.320. The van der Waals surface area contributed by atoms with Crippen molar-refractivity contribution in [1.82, 2.24) is 4.90 Å². The fourth-order valence-electron chi connectivity index (χ4n) is 1.47. The lowest BCUT2D eigenvalue weighted by molar-refractivity contribution is -0.143. The molecule has 0 fully saturated rings. The Kier molecular flexibility index (Phi) is 6.12. The molecule has 0 aliphatic heterocycles. The molecule has 0 aliphatic rings. The molecule has 1 rings (SSSR count). The molecule has 0 heterocycles. The lowest BCUT2D eigenvalue weighted by Crippen LogP contribution is -2.29. The van der Waals surface area contributed by atoms with Crippen molar-refractivity contribution >= 4 is 35.1 Å². The average molecular weight is 304 g/mol. The second kappa shape index (κ2) is 7.36. The van der Waals surface area contributed by atoms with Crippen LogP contribution in [0.2, 0.25) is 10.0 Å². The molecule has 0 radical (unpaired) electrons. The van der Waals surface area contributed by atoms with E-state index in [4.69, 9.17) is 27.9 Å². The van der Waals surface area contributed by atoms with E-state index in [9.17, 15) is 9.59 Å². The number of ether oxygens (including phenoxy) is 1. The SMILES string of the molecule is CCOC(=O)CCN(C)C(=O)c1cccc(Cl)c1Cl. The number of hydrogen-bond acceptors (Lipinski definition) is 3. The third-order valence-electron chi connectivity index (χ3n) is 2.49. The molecular weight excluding hydrogens is 289 g/mol. The van der Waals surface area contributed by atoms with Crippen LogP contribution in [-0.2, 0) is 9.53 Å². The Balaban J connectivity index is 2.67. The Labute approximate surface area is 122 Å². The molecular formula is C13H15Cl2NO3. The average Bonchev–Trinajstić information content (AvgIpc) is 2.38. The monoisotopic (exact) mass is 303 g/mol. The highest BCUT2D eigenvalue weighted by atomic mass is 35.5. The number of benzene rings is 1. The van der Waals surface area contributed by atoms with Gasteiger partial charge in [0, 0.05) is 13.6 Å². The Morgan fingerprint density at radius 2 is 2.00 bits per heavy atom.